The van der Waals surface area contributed by atoms with E-state index in [1.54, 1.807) is 7.11 Å². The first-order valence-corrected chi connectivity index (χ1v) is 8.11. The van der Waals surface area contributed by atoms with E-state index in [1.807, 2.05) is 18.5 Å². The predicted molar refractivity (Wildman–Crippen MR) is 84.2 cm³/mol. The number of hydrogen-bond acceptors (Lipinski definition) is 4. The van der Waals surface area contributed by atoms with Crippen molar-refractivity contribution in [3.8, 4) is 0 Å². The Morgan fingerprint density at radius 1 is 1.45 bits per heavy atom. The van der Waals surface area contributed by atoms with Crippen molar-refractivity contribution >= 4 is 5.91 Å². The van der Waals surface area contributed by atoms with E-state index in [0.29, 0.717) is 11.5 Å². The van der Waals surface area contributed by atoms with E-state index >= 15 is 0 Å². The molecule has 1 amide bonds. The molecule has 120 valence electrons. The Bertz CT molecular complexity index is 498. The molecule has 1 N–H and O–H groups in total. The molecule has 5 nitrogen and oxygen atoms in total. The number of nitrogens with zero attached hydrogens (tertiary/aromatic N) is 2. The number of aromatic nitrogens is 1. The third kappa shape index (κ3) is 3.31. The molecule has 1 aliphatic carbocycles. The van der Waals surface area contributed by atoms with Crippen molar-refractivity contribution in [3.63, 3.8) is 0 Å². The first-order valence-electron chi connectivity index (χ1n) is 8.11. The fraction of sp³-hybridized carbons (Fsp3) is 0.647. The highest BCUT2D eigenvalue weighted by Gasteiger charge is 2.48. The monoisotopic (exact) mass is 303 g/mol. The van der Waals surface area contributed by atoms with Gasteiger partial charge in [-0.1, -0.05) is 6.07 Å². The van der Waals surface area contributed by atoms with Crippen LogP contribution < -0.4 is 5.32 Å². The van der Waals surface area contributed by atoms with E-state index in [2.05, 4.69) is 21.3 Å². The third-order valence-electron chi connectivity index (χ3n) is 5.26. The van der Waals surface area contributed by atoms with Gasteiger partial charge >= 0.3 is 0 Å². The number of pyridine rings is 1. The van der Waals surface area contributed by atoms with Crippen molar-refractivity contribution < 1.29 is 9.53 Å². The summed E-state index contributed by atoms with van der Waals surface area (Å²) in [5.74, 6) is 0.0179. The Hall–Kier alpha value is -1.46. The Balaban J connectivity index is 1.50. The van der Waals surface area contributed by atoms with E-state index in [0.717, 1.165) is 26.1 Å². The summed E-state index contributed by atoms with van der Waals surface area (Å²) < 4.78 is 4.91. The highest BCUT2D eigenvalue weighted by molar-refractivity contribution is 5.77. The topological polar surface area (TPSA) is 54.5 Å². The summed E-state index contributed by atoms with van der Waals surface area (Å²) in [6.45, 7) is 3.35. The minimum atomic E-state index is 0.0179. The second kappa shape index (κ2) is 6.75. The van der Waals surface area contributed by atoms with Gasteiger partial charge in [-0.3, -0.25) is 14.7 Å². The first kappa shape index (κ1) is 15.4. The van der Waals surface area contributed by atoms with Crippen LogP contribution in [-0.4, -0.2) is 48.6 Å². The second-order valence-electron chi connectivity index (χ2n) is 6.59. The van der Waals surface area contributed by atoms with Gasteiger partial charge in [-0.25, -0.2) is 0 Å². The minimum absolute atomic E-state index is 0.0179. The van der Waals surface area contributed by atoms with Gasteiger partial charge in [-0.2, -0.15) is 0 Å². The van der Waals surface area contributed by atoms with Gasteiger partial charge in [-0.15, -0.1) is 0 Å². The van der Waals surface area contributed by atoms with Gasteiger partial charge in [0.05, 0.1) is 0 Å². The van der Waals surface area contributed by atoms with Crippen LogP contribution in [0, 0.1) is 5.41 Å². The molecule has 2 aliphatic rings. The number of nitrogens with one attached hydrogen (secondary N) is 1. The van der Waals surface area contributed by atoms with E-state index < -0.39 is 0 Å². The Kier molecular flexibility index (Phi) is 4.74. The largest absolute Gasteiger partial charge is 0.375 e. The van der Waals surface area contributed by atoms with Crippen LogP contribution in [0.5, 0.6) is 0 Å². The van der Waals surface area contributed by atoms with Crippen LogP contribution in [0.15, 0.2) is 24.5 Å². The molecular formula is C17H25N3O2. The van der Waals surface area contributed by atoms with Gasteiger partial charge in [0.1, 0.15) is 6.61 Å². The molecular weight excluding hydrogens is 278 g/mol. The zero-order valence-corrected chi connectivity index (χ0v) is 13.3. The van der Waals surface area contributed by atoms with Gasteiger partial charge in [0.15, 0.2) is 0 Å². The van der Waals surface area contributed by atoms with E-state index in [1.165, 1.54) is 24.8 Å². The highest BCUT2D eigenvalue weighted by Crippen LogP contribution is 2.49. The maximum Gasteiger partial charge on any atom is 0.246 e. The summed E-state index contributed by atoms with van der Waals surface area (Å²) in [5, 5.41) is 3.15. The molecule has 2 heterocycles. The maximum atomic E-state index is 11.7. The highest BCUT2D eigenvalue weighted by atomic mass is 16.5. The quantitative estimate of drug-likeness (QED) is 0.897. The molecule has 1 saturated heterocycles. The number of rotatable bonds is 5. The van der Waals surface area contributed by atoms with E-state index in [-0.39, 0.29) is 12.5 Å². The summed E-state index contributed by atoms with van der Waals surface area (Å²) in [7, 11) is 1.56. The third-order valence-corrected chi connectivity index (χ3v) is 5.26. The van der Waals surface area contributed by atoms with E-state index in [9.17, 15) is 4.79 Å². The van der Waals surface area contributed by atoms with Crippen LogP contribution in [0.2, 0.25) is 0 Å². The number of hydrogen-bond donors (Lipinski definition) is 1. The van der Waals surface area contributed by atoms with Crippen molar-refractivity contribution in [1.29, 1.82) is 0 Å². The van der Waals surface area contributed by atoms with E-state index in [4.69, 9.17) is 4.74 Å². The molecule has 2 fully saturated rings. The van der Waals surface area contributed by atoms with Crippen molar-refractivity contribution in [2.75, 3.05) is 26.8 Å². The molecule has 5 heteroatoms. The SMILES string of the molecule is COCC(=O)NC1CCC12CCN(Cc1cccnc1)CC2. The summed E-state index contributed by atoms with van der Waals surface area (Å²) >= 11 is 0. The number of carbonyl (C=O) groups is 1. The van der Waals surface area contributed by atoms with Gasteiger partial charge in [0.2, 0.25) is 5.91 Å². The van der Waals surface area contributed by atoms with Gasteiger partial charge in [-0.05, 0) is 55.8 Å². The number of methoxy groups -OCH3 is 1. The number of amides is 1. The van der Waals surface area contributed by atoms with Crippen LogP contribution in [0.1, 0.15) is 31.2 Å². The number of likely N-dealkylation sites (tertiary alicyclic amines) is 1. The Labute approximate surface area is 132 Å². The molecule has 3 rings (SSSR count). The number of ether oxygens (including phenoxy) is 1. The molecule has 1 aromatic rings. The average molecular weight is 303 g/mol. The molecule has 1 unspecified atom stereocenters. The van der Waals surface area contributed by atoms with Crippen LogP contribution in [-0.2, 0) is 16.1 Å². The zero-order chi connectivity index (χ0) is 15.4. The average Bonchev–Trinajstić information content (AvgIpc) is 2.54. The van der Waals surface area contributed by atoms with Crippen molar-refractivity contribution in [1.82, 2.24) is 15.2 Å². The molecule has 0 radical (unpaired) electrons. The lowest BCUT2D eigenvalue weighted by atomic mass is 9.59. The zero-order valence-electron chi connectivity index (χ0n) is 13.3. The van der Waals surface area contributed by atoms with Crippen LogP contribution in [0.4, 0.5) is 0 Å². The molecule has 22 heavy (non-hydrogen) atoms. The lowest BCUT2D eigenvalue weighted by Gasteiger charge is -2.54. The summed E-state index contributed by atoms with van der Waals surface area (Å²) in [6.07, 6.45) is 8.46. The first-order chi connectivity index (χ1) is 10.7. The lowest BCUT2D eigenvalue weighted by Crippen LogP contribution is -2.59. The lowest BCUT2D eigenvalue weighted by molar-refractivity contribution is -0.129. The number of carbonyl (C=O) groups excluding carboxylic acids is 1. The molecule has 1 aliphatic heterocycles. The minimum Gasteiger partial charge on any atom is -0.375 e. The van der Waals surface area contributed by atoms with Gasteiger partial charge in [0, 0.05) is 32.1 Å². The maximum absolute atomic E-state index is 11.7. The summed E-state index contributed by atoms with van der Waals surface area (Å²) in [6, 6.07) is 4.47. The van der Waals surface area contributed by atoms with Crippen molar-refractivity contribution in [3.05, 3.63) is 30.1 Å². The molecule has 1 spiro atoms. The van der Waals surface area contributed by atoms with Crippen molar-refractivity contribution in [2.24, 2.45) is 5.41 Å². The Morgan fingerprint density at radius 3 is 2.86 bits per heavy atom. The second-order valence-corrected chi connectivity index (χ2v) is 6.59. The molecule has 0 aromatic carbocycles. The van der Waals surface area contributed by atoms with Crippen LogP contribution in [0.25, 0.3) is 0 Å². The smallest absolute Gasteiger partial charge is 0.246 e. The van der Waals surface area contributed by atoms with Gasteiger partial charge < -0.3 is 10.1 Å². The van der Waals surface area contributed by atoms with Crippen LogP contribution >= 0.6 is 0 Å². The normalized spacial score (nSPS) is 24.0. The number of piperidine rings is 1. The van der Waals surface area contributed by atoms with Gasteiger partial charge in [0.25, 0.3) is 0 Å². The standard InChI is InChI=1S/C17H25N3O2/c1-22-13-16(21)19-15-4-5-17(15)6-9-20(10-7-17)12-14-3-2-8-18-11-14/h2-3,8,11,15H,4-7,9-10,12-13H2,1H3,(H,19,21). The Morgan fingerprint density at radius 2 is 2.27 bits per heavy atom. The predicted octanol–water partition coefficient (Wildman–Crippen LogP) is 1.59. The fourth-order valence-corrected chi connectivity index (χ4v) is 3.79. The molecule has 1 aromatic heterocycles. The van der Waals surface area contributed by atoms with Crippen LogP contribution in [0.3, 0.4) is 0 Å². The molecule has 1 saturated carbocycles. The van der Waals surface area contributed by atoms with Crippen molar-refractivity contribution in [2.45, 2.75) is 38.3 Å². The molecule has 1 atom stereocenters. The molecule has 0 bridgehead atoms. The summed E-state index contributed by atoms with van der Waals surface area (Å²) in [4.78, 5) is 18.4. The summed E-state index contributed by atoms with van der Waals surface area (Å²) in [5.41, 5.74) is 1.60. The fourth-order valence-electron chi connectivity index (χ4n) is 3.79.